The van der Waals surface area contributed by atoms with E-state index in [1.807, 2.05) is 19.3 Å². The Kier molecular flexibility index (Phi) is 6.02. The first-order valence-corrected chi connectivity index (χ1v) is 7.85. The third-order valence-electron chi connectivity index (χ3n) is 3.58. The predicted molar refractivity (Wildman–Crippen MR) is 93.6 cm³/mol. The lowest BCUT2D eigenvalue weighted by Gasteiger charge is -2.09. The fourth-order valence-electron chi connectivity index (χ4n) is 2.15. The summed E-state index contributed by atoms with van der Waals surface area (Å²) in [7, 11) is 0. The molecule has 1 amide bonds. The standard InChI is InChI=1S/C16H19N5O5/c1-9(2)5-6-26-14-4-3-10(7-13(14)21(24)25)12-8-11(15(22)18-17)16(23)20-19-12/h3-4,7-9H,5-6,17H2,1-2H3,(H,18,22)(H,20,23). The number of H-pyrrole nitrogens is 1. The number of nitrogens with two attached hydrogens (primary N) is 1. The van der Waals surface area contributed by atoms with Gasteiger partial charge in [-0.2, -0.15) is 5.10 Å². The summed E-state index contributed by atoms with van der Waals surface area (Å²) >= 11 is 0. The fourth-order valence-corrected chi connectivity index (χ4v) is 2.15. The summed E-state index contributed by atoms with van der Waals surface area (Å²) in [6, 6.07) is 5.50. The normalized spacial score (nSPS) is 10.6. The molecule has 10 heteroatoms. The number of hydrogen-bond acceptors (Lipinski definition) is 7. The number of ether oxygens (including phenoxy) is 1. The Labute approximate surface area is 148 Å². The lowest BCUT2D eigenvalue weighted by atomic mass is 10.1. The van der Waals surface area contributed by atoms with E-state index in [0.717, 1.165) is 6.42 Å². The highest BCUT2D eigenvalue weighted by Crippen LogP contribution is 2.31. The van der Waals surface area contributed by atoms with Gasteiger partial charge in [0.2, 0.25) is 0 Å². The molecule has 0 spiro atoms. The van der Waals surface area contributed by atoms with Crippen LogP contribution in [-0.4, -0.2) is 27.6 Å². The van der Waals surface area contributed by atoms with Crippen LogP contribution in [-0.2, 0) is 0 Å². The Morgan fingerprint density at radius 2 is 2.15 bits per heavy atom. The minimum atomic E-state index is -0.793. The molecule has 1 aromatic carbocycles. The van der Waals surface area contributed by atoms with Gasteiger partial charge in [0.15, 0.2) is 5.75 Å². The number of rotatable bonds is 7. The van der Waals surface area contributed by atoms with Crippen LogP contribution in [0.15, 0.2) is 29.1 Å². The van der Waals surface area contributed by atoms with Gasteiger partial charge in [-0.1, -0.05) is 13.8 Å². The van der Waals surface area contributed by atoms with Crippen LogP contribution in [0.5, 0.6) is 5.75 Å². The maximum absolute atomic E-state index is 11.6. The molecule has 0 saturated carbocycles. The van der Waals surface area contributed by atoms with Crippen LogP contribution < -0.4 is 21.6 Å². The van der Waals surface area contributed by atoms with Crippen LogP contribution in [0.25, 0.3) is 11.3 Å². The quantitative estimate of drug-likeness (QED) is 0.291. The third kappa shape index (κ3) is 4.42. The summed E-state index contributed by atoms with van der Waals surface area (Å²) in [6.07, 6.45) is 0.762. The predicted octanol–water partition coefficient (Wildman–Crippen LogP) is 1.37. The Morgan fingerprint density at radius 1 is 1.42 bits per heavy atom. The van der Waals surface area contributed by atoms with Gasteiger partial charge in [0.05, 0.1) is 17.2 Å². The van der Waals surface area contributed by atoms with Crippen molar-refractivity contribution in [1.29, 1.82) is 0 Å². The lowest BCUT2D eigenvalue weighted by molar-refractivity contribution is -0.385. The van der Waals surface area contributed by atoms with Crippen LogP contribution in [0.2, 0.25) is 0 Å². The van der Waals surface area contributed by atoms with Gasteiger partial charge in [-0.05, 0) is 30.5 Å². The second-order valence-corrected chi connectivity index (χ2v) is 5.94. The molecule has 0 fully saturated rings. The summed E-state index contributed by atoms with van der Waals surface area (Å²) in [5.74, 6) is 4.79. The average Bonchev–Trinajstić information content (AvgIpc) is 2.61. The van der Waals surface area contributed by atoms with Gasteiger partial charge in [0.25, 0.3) is 11.5 Å². The van der Waals surface area contributed by atoms with Crippen molar-refractivity contribution in [2.75, 3.05) is 6.61 Å². The highest BCUT2D eigenvalue weighted by Gasteiger charge is 2.19. The van der Waals surface area contributed by atoms with Crippen LogP contribution in [0.1, 0.15) is 30.6 Å². The molecule has 26 heavy (non-hydrogen) atoms. The van der Waals surface area contributed by atoms with E-state index in [2.05, 4.69) is 10.2 Å². The number of nitro benzene ring substituents is 1. The van der Waals surface area contributed by atoms with E-state index >= 15 is 0 Å². The average molecular weight is 361 g/mol. The lowest BCUT2D eigenvalue weighted by Crippen LogP contribution is -2.34. The number of carbonyl (C=O) groups is 1. The number of amides is 1. The number of aromatic amines is 1. The van der Waals surface area contributed by atoms with Crippen LogP contribution in [0, 0.1) is 16.0 Å². The molecule has 0 radical (unpaired) electrons. The maximum Gasteiger partial charge on any atom is 0.311 e. The van der Waals surface area contributed by atoms with Gasteiger partial charge in [0.1, 0.15) is 5.56 Å². The SMILES string of the molecule is CC(C)CCOc1ccc(-c2cc(C(=O)NN)c(=O)[nH]n2)cc1[N+](=O)[O-]. The number of aromatic nitrogens is 2. The zero-order valence-corrected chi connectivity index (χ0v) is 14.3. The topological polar surface area (TPSA) is 153 Å². The minimum Gasteiger partial charge on any atom is -0.487 e. The highest BCUT2D eigenvalue weighted by molar-refractivity contribution is 5.94. The first-order chi connectivity index (χ1) is 12.3. The van der Waals surface area contributed by atoms with Crippen LogP contribution in [0.4, 0.5) is 5.69 Å². The van der Waals surface area contributed by atoms with Gasteiger partial charge in [0, 0.05) is 11.6 Å². The number of nitro groups is 1. The first-order valence-electron chi connectivity index (χ1n) is 7.85. The van der Waals surface area contributed by atoms with Crippen molar-refractivity contribution in [3.8, 4) is 17.0 Å². The Bertz CT molecular complexity index is 878. The molecule has 0 aliphatic heterocycles. The minimum absolute atomic E-state index is 0.142. The van der Waals surface area contributed by atoms with Crippen molar-refractivity contribution in [1.82, 2.24) is 15.6 Å². The molecule has 1 heterocycles. The number of nitrogens with one attached hydrogen (secondary N) is 2. The van der Waals surface area contributed by atoms with Gasteiger partial charge in [-0.25, -0.2) is 10.9 Å². The number of hydrogen-bond donors (Lipinski definition) is 3. The highest BCUT2D eigenvalue weighted by atomic mass is 16.6. The third-order valence-corrected chi connectivity index (χ3v) is 3.58. The summed E-state index contributed by atoms with van der Waals surface area (Å²) in [5.41, 5.74) is 1.17. The number of nitrogens with zero attached hydrogens (tertiary/aromatic N) is 2. The van der Waals surface area contributed by atoms with E-state index in [1.165, 1.54) is 18.2 Å². The largest absolute Gasteiger partial charge is 0.487 e. The van der Waals surface area contributed by atoms with Crippen molar-refractivity contribution >= 4 is 11.6 Å². The Morgan fingerprint density at radius 3 is 2.77 bits per heavy atom. The molecular formula is C16H19N5O5. The van der Waals surface area contributed by atoms with E-state index in [-0.39, 0.29) is 22.7 Å². The van der Waals surface area contributed by atoms with E-state index in [0.29, 0.717) is 18.1 Å². The molecule has 0 bridgehead atoms. The molecule has 138 valence electrons. The fraction of sp³-hybridized carbons (Fsp3) is 0.312. The molecule has 10 nitrogen and oxygen atoms in total. The monoisotopic (exact) mass is 361 g/mol. The number of hydrazine groups is 1. The number of benzene rings is 1. The summed E-state index contributed by atoms with van der Waals surface area (Å²) in [5, 5.41) is 17.3. The summed E-state index contributed by atoms with van der Waals surface area (Å²) in [4.78, 5) is 34.0. The summed E-state index contributed by atoms with van der Waals surface area (Å²) < 4.78 is 5.50. The molecule has 0 aliphatic carbocycles. The molecular weight excluding hydrogens is 342 g/mol. The first kappa shape index (κ1) is 19.1. The molecule has 0 unspecified atom stereocenters. The second-order valence-electron chi connectivity index (χ2n) is 5.94. The van der Waals surface area contributed by atoms with Gasteiger partial charge < -0.3 is 4.74 Å². The van der Waals surface area contributed by atoms with E-state index in [1.54, 1.807) is 6.07 Å². The van der Waals surface area contributed by atoms with E-state index in [4.69, 9.17) is 10.6 Å². The van der Waals surface area contributed by atoms with Crippen molar-refractivity contribution in [3.05, 3.63) is 50.3 Å². The van der Waals surface area contributed by atoms with Crippen molar-refractivity contribution in [3.63, 3.8) is 0 Å². The van der Waals surface area contributed by atoms with E-state index in [9.17, 15) is 19.7 Å². The van der Waals surface area contributed by atoms with Gasteiger partial charge in [-0.3, -0.25) is 25.1 Å². The number of carbonyl (C=O) groups excluding carboxylic acids is 1. The Hall–Kier alpha value is -3.27. The van der Waals surface area contributed by atoms with Crippen molar-refractivity contribution < 1.29 is 14.5 Å². The molecule has 4 N–H and O–H groups in total. The van der Waals surface area contributed by atoms with Crippen LogP contribution >= 0.6 is 0 Å². The van der Waals surface area contributed by atoms with Crippen molar-refractivity contribution in [2.24, 2.45) is 11.8 Å². The maximum atomic E-state index is 11.6. The molecule has 0 saturated heterocycles. The van der Waals surface area contributed by atoms with Gasteiger partial charge in [-0.15, -0.1) is 0 Å². The van der Waals surface area contributed by atoms with Gasteiger partial charge >= 0.3 is 5.69 Å². The molecule has 2 aromatic rings. The molecule has 0 aliphatic rings. The van der Waals surface area contributed by atoms with Crippen molar-refractivity contribution in [2.45, 2.75) is 20.3 Å². The van der Waals surface area contributed by atoms with Crippen LogP contribution in [0.3, 0.4) is 0 Å². The zero-order valence-electron chi connectivity index (χ0n) is 14.3. The molecule has 2 rings (SSSR count). The summed E-state index contributed by atoms with van der Waals surface area (Å²) in [6.45, 7) is 4.41. The Balaban J connectivity index is 2.39. The molecule has 0 atom stereocenters. The second kappa shape index (κ2) is 8.21. The smallest absolute Gasteiger partial charge is 0.311 e. The number of nitrogen functional groups attached to an aromatic ring is 1. The van der Waals surface area contributed by atoms with E-state index < -0.39 is 16.4 Å². The zero-order chi connectivity index (χ0) is 19.3. The molecule has 1 aromatic heterocycles.